The number of carbonyl (C=O) groups excluding carboxylic acids is 1. The number of likely N-dealkylation sites (N-methyl/N-ethyl adjacent to an activating group) is 1. The van der Waals surface area contributed by atoms with Crippen LogP contribution in [0, 0.1) is 0 Å². The molecule has 1 aliphatic heterocycles. The lowest BCUT2D eigenvalue weighted by Crippen LogP contribution is -2.44. The van der Waals surface area contributed by atoms with E-state index in [1.807, 2.05) is 37.4 Å². The van der Waals surface area contributed by atoms with Crippen molar-refractivity contribution in [2.24, 2.45) is 0 Å². The Kier molecular flexibility index (Phi) is 6.12. The van der Waals surface area contributed by atoms with Gasteiger partial charge in [-0.05, 0) is 43.4 Å². The molecule has 1 N–H and O–H groups in total. The summed E-state index contributed by atoms with van der Waals surface area (Å²) in [5.41, 5.74) is 3.25. The molecule has 2 aromatic carbocycles. The maximum absolute atomic E-state index is 12.3. The minimum atomic E-state index is 0.109. The number of benzene rings is 2. The summed E-state index contributed by atoms with van der Waals surface area (Å²) in [6.07, 6.45) is 0.464. The third-order valence-electron chi connectivity index (χ3n) is 4.92. The summed E-state index contributed by atoms with van der Waals surface area (Å²) in [5, 5.41) is 3.34. The molecule has 2 aromatic rings. The second-order valence-corrected chi connectivity index (χ2v) is 6.80. The average Bonchev–Trinajstić information content (AvgIpc) is 2.69. The van der Waals surface area contributed by atoms with E-state index in [0.29, 0.717) is 13.0 Å². The van der Waals surface area contributed by atoms with Crippen molar-refractivity contribution in [2.75, 3.05) is 61.9 Å². The first-order valence-electron chi connectivity index (χ1n) is 9.22. The Morgan fingerprint density at radius 1 is 1.00 bits per heavy atom. The maximum atomic E-state index is 12.3. The molecule has 0 bridgehead atoms. The summed E-state index contributed by atoms with van der Waals surface area (Å²) in [6.45, 7) is 4.99. The largest absolute Gasteiger partial charge is 0.385 e. The summed E-state index contributed by atoms with van der Waals surface area (Å²) >= 11 is 0. The zero-order valence-corrected chi connectivity index (χ0v) is 15.7. The van der Waals surface area contributed by atoms with Crippen LogP contribution in [0.2, 0.25) is 0 Å². The highest BCUT2D eigenvalue weighted by Crippen LogP contribution is 2.19. The summed E-state index contributed by atoms with van der Waals surface area (Å²) in [5.74, 6) is 0.109. The van der Waals surface area contributed by atoms with Crippen LogP contribution in [-0.4, -0.2) is 57.6 Å². The molecule has 0 radical (unpaired) electrons. The normalized spacial score (nSPS) is 14.9. The standard InChI is InChI=1S/C21H28N4O/c1-23-14-16-25(17-15-23)20-10-8-18(9-11-20)22-13-12-21(26)24(2)19-6-4-3-5-7-19/h3-11,22H,12-17H2,1-2H3. The molecule has 1 aliphatic rings. The molecule has 1 amide bonds. The number of hydrogen-bond donors (Lipinski definition) is 1. The lowest BCUT2D eigenvalue weighted by atomic mass is 10.2. The van der Waals surface area contributed by atoms with Crippen molar-refractivity contribution < 1.29 is 4.79 Å². The van der Waals surface area contributed by atoms with Gasteiger partial charge in [-0.1, -0.05) is 18.2 Å². The predicted octanol–water partition coefficient (Wildman–Crippen LogP) is 2.90. The molecule has 26 heavy (non-hydrogen) atoms. The van der Waals surface area contributed by atoms with E-state index in [0.717, 1.165) is 37.6 Å². The fourth-order valence-electron chi connectivity index (χ4n) is 3.13. The zero-order chi connectivity index (χ0) is 18.4. The van der Waals surface area contributed by atoms with Gasteiger partial charge in [-0.25, -0.2) is 0 Å². The van der Waals surface area contributed by atoms with Crippen molar-refractivity contribution in [3.05, 3.63) is 54.6 Å². The third-order valence-corrected chi connectivity index (χ3v) is 4.92. The quantitative estimate of drug-likeness (QED) is 0.868. The van der Waals surface area contributed by atoms with Crippen LogP contribution >= 0.6 is 0 Å². The molecule has 138 valence electrons. The van der Waals surface area contributed by atoms with Crippen molar-refractivity contribution >= 4 is 23.0 Å². The van der Waals surface area contributed by atoms with Crippen molar-refractivity contribution in [1.82, 2.24) is 4.90 Å². The number of piperazine rings is 1. The molecule has 0 aliphatic carbocycles. The highest BCUT2D eigenvalue weighted by Gasteiger charge is 2.14. The van der Waals surface area contributed by atoms with Crippen molar-refractivity contribution in [3.8, 4) is 0 Å². The SMILES string of the molecule is CN1CCN(c2ccc(NCCC(=O)N(C)c3ccccc3)cc2)CC1. The van der Waals surface area contributed by atoms with E-state index in [1.165, 1.54) is 5.69 Å². The summed E-state index contributed by atoms with van der Waals surface area (Å²) in [6, 6.07) is 18.2. The Morgan fingerprint density at radius 3 is 2.31 bits per heavy atom. The molecule has 1 saturated heterocycles. The van der Waals surface area contributed by atoms with Crippen LogP contribution in [0.5, 0.6) is 0 Å². The monoisotopic (exact) mass is 352 g/mol. The molecular weight excluding hydrogens is 324 g/mol. The van der Waals surface area contributed by atoms with Gasteiger partial charge in [-0.15, -0.1) is 0 Å². The van der Waals surface area contributed by atoms with Gasteiger partial charge >= 0.3 is 0 Å². The van der Waals surface area contributed by atoms with Crippen LogP contribution in [0.15, 0.2) is 54.6 Å². The van der Waals surface area contributed by atoms with Crippen LogP contribution in [0.3, 0.4) is 0 Å². The Hall–Kier alpha value is -2.53. The average molecular weight is 352 g/mol. The van der Waals surface area contributed by atoms with Gasteiger partial charge in [0.25, 0.3) is 0 Å². The molecule has 1 heterocycles. The highest BCUT2D eigenvalue weighted by molar-refractivity contribution is 5.93. The molecular formula is C21H28N4O. The number of nitrogens with one attached hydrogen (secondary N) is 1. The van der Waals surface area contributed by atoms with Crippen LogP contribution in [-0.2, 0) is 4.79 Å². The topological polar surface area (TPSA) is 38.8 Å². The van der Waals surface area contributed by atoms with Crippen molar-refractivity contribution in [1.29, 1.82) is 0 Å². The Labute approximate surface area is 156 Å². The van der Waals surface area contributed by atoms with Gasteiger partial charge in [-0.3, -0.25) is 4.79 Å². The predicted molar refractivity (Wildman–Crippen MR) is 109 cm³/mol. The fourth-order valence-corrected chi connectivity index (χ4v) is 3.13. The first-order valence-corrected chi connectivity index (χ1v) is 9.22. The van der Waals surface area contributed by atoms with Crippen molar-refractivity contribution in [3.63, 3.8) is 0 Å². The molecule has 0 unspecified atom stereocenters. The molecule has 0 atom stereocenters. The lowest BCUT2D eigenvalue weighted by Gasteiger charge is -2.34. The molecule has 3 rings (SSSR count). The van der Waals surface area contributed by atoms with Crippen LogP contribution < -0.4 is 15.1 Å². The van der Waals surface area contributed by atoms with Crippen LogP contribution in [0.1, 0.15) is 6.42 Å². The number of para-hydroxylation sites is 1. The van der Waals surface area contributed by atoms with E-state index >= 15 is 0 Å². The maximum Gasteiger partial charge on any atom is 0.228 e. The van der Waals surface area contributed by atoms with Crippen LogP contribution in [0.25, 0.3) is 0 Å². The van der Waals surface area contributed by atoms with Gasteiger partial charge < -0.3 is 20.0 Å². The molecule has 1 fully saturated rings. The Balaban J connectivity index is 1.45. The Morgan fingerprint density at radius 2 is 1.65 bits per heavy atom. The van der Waals surface area contributed by atoms with Gasteiger partial charge in [-0.2, -0.15) is 0 Å². The number of rotatable bonds is 6. The minimum absolute atomic E-state index is 0.109. The number of anilines is 3. The first kappa shape index (κ1) is 18.3. The third kappa shape index (κ3) is 4.76. The number of hydrogen-bond acceptors (Lipinski definition) is 4. The van der Waals surface area contributed by atoms with E-state index in [4.69, 9.17) is 0 Å². The zero-order valence-electron chi connectivity index (χ0n) is 15.7. The van der Waals surface area contributed by atoms with E-state index in [1.54, 1.807) is 4.90 Å². The Bertz CT molecular complexity index is 694. The van der Waals surface area contributed by atoms with Gasteiger partial charge in [0, 0.05) is 63.3 Å². The number of amides is 1. The van der Waals surface area contributed by atoms with E-state index < -0.39 is 0 Å². The second kappa shape index (κ2) is 8.72. The van der Waals surface area contributed by atoms with E-state index in [2.05, 4.69) is 46.4 Å². The van der Waals surface area contributed by atoms with Gasteiger partial charge in [0.15, 0.2) is 0 Å². The van der Waals surface area contributed by atoms with Gasteiger partial charge in [0.1, 0.15) is 0 Å². The van der Waals surface area contributed by atoms with Gasteiger partial charge in [0.05, 0.1) is 0 Å². The smallest absolute Gasteiger partial charge is 0.228 e. The summed E-state index contributed by atoms with van der Waals surface area (Å²) in [4.78, 5) is 18.8. The minimum Gasteiger partial charge on any atom is -0.385 e. The highest BCUT2D eigenvalue weighted by atomic mass is 16.2. The van der Waals surface area contributed by atoms with E-state index in [-0.39, 0.29) is 5.91 Å². The molecule has 5 heteroatoms. The molecule has 5 nitrogen and oxygen atoms in total. The second-order valence-electron chi connectivity index (χ2n) is 6.80. The van der Waals surface area contributed by atoms with E-state index in [9.17, 15) is 4.79 Å². The first-order chi connectivity index (χ1) is 12.6. The van der Waals surface area contributed by atoms with Crippen LogP contribution in [0.4, 0.5) is 17.1 Å². The fraction of sp³-hybridized carbons (Fsp3) is 0.381. The molecule has 0 aromatic heterocycles. The summed E-state index contributed by atoms with van der Waals surface area (Å²) < 4.78 is 0. The van der Waals surface area contributed by atoms with Gasteiger partial charge in [0.2, 0.25) is 5.91 Å². The van der Waals surface area contributed by atoms with Crippen molar-refractivity contribution in [2.45, 2.75) is 6.42 Å². The number of nitrogens with zero attached hydrogens (tertiary/aromatic N) is 3. The number of carbonyl (C=O) groups is 1. The lowest BCUT2D eigenvalue weighted by molar-refractivity contribution is -0.118. The summed E-state index contributed by atoms with van der Waals surface area (Å²) in [7, 11) is 3.99. The molecule has 0 saturated carbocycles. The molecule has 0 spiro atoms.